The predicted octanol–water partition coefficient (Wildman–Crippen LogP) is 16.0. The first kappa shape index (κ1) is 49.7. The van der Waals surface area contributed by atoms with Crippen LogP contribution in [0.2, 0.25) is 0 Å². The number of hydrogen-bond acceptors (Lipinski definition) is 0. The standard InChI is InChI=1S/C25H22P2.2C22H11.2Ag/c1-5-13-22(14-6-1)26(23-15-7-2-8-16-23)21-27(24-17-9-3-10-18-24)25-19-11-4-12-20-25;2*1-2-14-12-13-20-18-10-4-7-15-6-3-9-17(21(15)18)19-11-5-8-16(14)22(19)20;;/h1-20H,21H2;2*3-13H;;/q;2*-1;2*+1/p+2. The quantitative estimate of drug-likeness (QED) is 0.0389. The van der Waals surface area contributed by atoms with Crippen LogP contribution < -0.4 is 21.2 Å². The molecule has 0 unspecified atom stereocenters. The molecular formula is C69H46Ag2P2+2. The molecule has 0 saturated carbocycles. The molecule has 352 valence electrons. The smallest absolute Gasteiger partial charge is 0.366 e. The minimum atomic E-state index is -0.847. The minimum Gasteiger partial charge on any atom is -0.366 e. The van der Waals surface area contributed by atoms with Crippen molar-refractivity contribution in [3.8, 4) is 11.8 Å². The van der Waals surface area contributed by atoms with Gasteiger partial charge in [-0.2, -0.15) is 0 Å². The molecule has 0 radical (unpaired) electrons. The molecule has 0 bridgehead atoms. The van der Waals surface area contributed by atoms with Crippen molar-refractivity contribution in [2.45, 2.75) is 0 Å². The minimum absolute atomic E-state index is 0. The summed E-state index contributed by atoms with van der Waals surface area (Å²) in [5.41, 5.74) is 1.71. The summed E-state index contributed by atoms with van der Waals surface area (Å²) in [4.78, 5) is 0. The third-order valence-electron chi connectivity index (χ3n) is 14.2. The first-order chi connectivity index (χ1) is 35.2. The molecule has 73 heavy (non-hydrogen) atoms. The van der Waals surface area contributed by atoms with E-state index in [1.54, 1.807) is 0 Å². The number of fused-ring (bicyclic) bond motifs is 4. The SMILES string of the molecule is [Ag+].[Ag+].[C-]#Cc1ccc2c3cccc4cccc(c5cccc1c52)c43.[C-]#Cc1ccc2c3cccc4cccc(c5cccc1c52)c43.c1ccc([PH+](C[PH+](c2ccccc2)c2ccccc2)c2ccccc2)cc1. The van der Waals surface area contributed by atoms with E-state index < -0.39 is 15.8 Å². The van der Waals surface area contributed by atoms with Crippen LogP contribution in [0.25, 0.3) is 86.2 Å². The van der Waals surface area contributed by atoms with Crippen LogP contribution >= 0.6 is 15.8 Å². The summed E-state index contributed by atoms with van der Waals surface area (Å²) in [7, 11) is -1.69. The fourth-order valence-electron chi connectivity index (χ4n) is 11.0. The van der Waals surface area contributed by atoms with Crippen molar-refractivity contribution in [3.63, 3.8) is 0 Å². The predicted molar refractivity (Wildman–Crippen MR) is 314 cm³/mol. The number of rotatable bonds is 6. The largest absolute Gasteiger partial charge is 1.00 e. The van der Waals surface area contributed by atoms with E-state index in [0.29, 0.717) is 0 Å². The van der Waals surface area contributed by atoms with Crippen molar-refractivity contribution >= 4 is 123 Å². The first-order valence-electron chi connectivity index (χ1n) is 24.1. The molecule has 14 aromatic carbocycles. The van der Waals surface area contributed by atoms with E-state index in [2.05, 4.69) is 254 Å². The Labute approximate surface area is 460 Å². The summed E-state index contributed by atoms with van der Waals surface area (Å²) in [6.07, 6.45) is 15.1. The third-order valence-corrected chi connectivity index (χ3v) is 21.1. The Morgan fingerprint density at radius 3 is 0.781 bits per heavy atom. The average Bonchev–Trinajstić information content (AvgIpc) is 3.45. The van der Waals surface area contributed by atoms with Gasteiger partial charge in [0.25, 0.3) is 0 Å². The molecule has 0 aliphatic rings. The number of benzene rings is 14. The second kappa shape index (κ2) is 22.1. The Kier molecular flexibility index (Phi) is 15.0. The molecular weight excluding hydrogens is 1110 g/mol. The maximum atomic E-state index is 7.55. The van der Waals surface area contributed by atoms with Gasteiger partial charge in [0.1, 0.15) is 37.1 Å². The molecule has 14 rings (SSSR count). The van der Waals surface area contributed by atoms with Gasteiger partial charge in [0, 0.05) is 0 Å². The van der Waals surface area contributed by atoms with Crippen LogP contribution in [-0.2, 0) is 44.8 Å². The monoisotopic (exact) mass is 1150 g/mol. The van der Waals surface area contributed by atoms with Crippen LogP contribution in [0.5, 0.6) is 0 Å². The zero-order valence-electron chi connectivity index (χ0n) is 39.6. The molecule has 0 heterocycles. The van der Waals surface area contributed by atoms with Gasteiger partial charge in [-0.05, 0) is 124 Å². The maximum absolute atomic E-state index is 7.55. The van der Waals surface area contributed by atoms with E-state index in [1.165, 1.54) is 103 Å². The van der Waals surface area contributed by atoms with Gasteiger partial charge >= 0.3 is 44.8 Å². The van der Waals surface area contributed by atoms with Gasteiger partial charge in [0.05, 0.1) is 0 Å². The van der Waals surface area contributed by atoms with Crippen LogP contribution in [0.1, 0.15) is 11.1 Å². The third kappa shape index (κ3) is 9.30. The molecule has 0 saturated heterocycles. The topological polar surface area (TPSA) is 0 Å². The molecule has 4 heteroatoms. The fourth-order valence-corrected chi connectivity index (χ4v) is 18.7. The van der Waals surface area contributed by atoms with Gasteiger partial charge in [0.2, 0.25) is 0 Å². The van der Waals surface area contributed by atoms with E-state index in [0.717, 1.165) is 21.9 Å². The van der Waals surface area contributed by atoms with Crippen LogP contribution in [-0.4, -0.2) is 5.90 Å². The first-order valence-corrected chi connectivity index (χ1v) is 27.5. The molecule has 0 atom stereocenters. The Hall–Kier alpha value is -6.86. The van der Waals surface area contributed by atoms with Crippen LogP contribution in [0, 0.1) is 24.7 Å². The second-order valence-corrected chi connectivity index (χ2v) is 23.7. The van der Waals surface area contributed by atoms with Crippen molar-refractivity contribution in [3.05, 3.63) is 279 Å². The normalized spacial score (nSPS) is 11.1. The molecule has 14 aromatic rings. The molecule has 0 aliphatic carbocycles. The van der Waals surface area contributed by atoms with Crippen molar-refractivity contribution in [1.29, 1.82) is 0 Å². The Morgan fingerprint density at radius 1 is 0.247 bits per heavy atom. The average molecular weight is 1150 g/mol. The Balaban J connectivity index is 0.000000125. The summed E-state index contributed by atoms with van der Waals surface area (Å²) in [6, 6.07) is 91.4. The number of hydrogen-bond donors (Lipinski definition) is 0. The molecule has 0 amide bonds. The maximum Gasteiger partial charge on any atom is 1.00 e. The van der Waals surface area contributed by atoms with E-state index in [9.17, 15) is 0 Å². The summed E-state index contributed by atoms with van der Waals surface area (Å²) >= 11 is 0. The van der Waals surface area contributed by atoms with E-state index in [4.69, 9.17) is 12.8 Å². The van der Waals surface area contributed by atoms with Gasteiger partial charge < -0.3 is 12.8 Å². The van der Waals surface area contributed by atoms with E-state index in [1.807, 2.05) is 12.1 Å². The molecule has 0 aliphatic heterocycles. The zero-order chi connectivity index (χ0) is 47.7. The summed E-state index contributed by atoms with van der Waals surface area (Å²) in [5.74, 6) is 6.39. The van der Waals surface area contributed by atoms with Crippen molar-refractivity contribution in [1.82, 2.24) is 0 Å². The summed E-state index contributed by atoms with van der Waals surface area (Å²) in [6.45, 7) is 0. The van der Waals surface area contributed by atoms with Gasteiger partial charge in [-0.25, -0.2) is 0 Å². The Morgan fingerprint density at radius 2 is 0.493 bits per heavy atom. The van der Waals surface area contributed by atoms with Crippen LogP contribution in [0.3, 0.4) is 0 Å². The zero-order valence-corrected chi connectivity index (χ0v) is 44.5. The van der Waals surface area contributed by atoms with E-state index in [-0.39, 0.29) is 44.8 Å². The molecule has 0 nitrogen and oxygen atoms in total. The van der Waals surface area contributed by atoms with Crippen molar-refractivity contribution in [2.75, 3.05) is 5.90 Å². The molecule has 0 aromatic heterocycles. The fraction of sp³-hybridized carbons (Fsp3) is 0.0145. The molecule has 0 fully saturated rings. The molecule has 0 spiro atoms. The summed E-state index contributed by atoms with van der Waals surface area (Å²) in [5, 5.41) is 26.1. The van der Waals surface area contributed by atoms with Gasteiger partial charge in [-0.1, -0.05) is 205 Å². The summed E-state index contributed by atoms with van der Waals surface area (Å²) < 4.78 is 0. The van der Waals surface area contributed by atoms with Crippen LogP contribution in [0.4, 0.5) is 0 Å². The van der Waals surface area contributed by atoms with Gasteiger partial charge in [-0.15, -0.1) is 23.3 Å². The van der Waals surface area contributed by atoms with Gasteiger partial charge in [0.15, 0.2) is 5.90 Å². The molecule has 0 N–H and O–H groups in total. The van der Waals surface area contributed by atoms with Crippen LogP contribution in [0.15, 0.2) is 255 Å². The second-order valence-electron chi connectivity index (χ2n) is 18.0. The van der Waals surface area contributed by atoms with Crippen molar-refractivity contribution in [2.24, 2.45) is 0 Å². The Bertz CT molecular complexity index is 3820. The van der Waals surface area contributed by atoms with E-state index >= 15 is 0 Å². The van der Waals surface area contributed by atoms with Gasteiger partial charge in [-0.3, -0.25) is 11.8 Å². The van der Waals surface area contributed by atoms with Crippen molar-refractivity contribution < 1.29 is 44.8 Å².